The Labute approximate surface area is 232 Å². The van der Waals surface area contributed by atoms with Gasteiger partial charge < -0.3 is 15.4 Å². The predicted molar refractivity (Wildman–Crippen MR) is 156 cm³/mol. The summed E-state index contributed by atoms with van der Waals surface area (Å²) in [5, 5.41) is 6.25. The van der Waals surface area contributed by atoms with Gasteiger partial charge in [0, 0.05) is 22.6 Å². The first-order valence-electron chi connectivity index (χ1n) is 12.7. The minimum atomic E-state index is -3.82. The van der Waals surface area contributed by atoms with Crippen molar-refractivity contribution in [1.82, 2.24) is 0 Å². The summed E-state index contributed by atoms with van der Waals surface area (Å²) < 4.78 is 33.5. The molecule has 0 aliphatic carbocycles. The highest BCUT2D eigenvalue weighted by Gasteiger charge is 2.29. The van der Waals surface area contributed by atoms with Crippen LogP contribution < -0.4 is 15.4 Å². The number of benzene rings is 4. The molecule has 0 fully saturated rings. The highest BCUT2D eigenvalue weighted by Crippen LogP contribution is 2.39. The Balaban J connectivity index is 1.52. The van der Waals surface area contributed by atoms with Crippen LogP contribution in [-0.4, -0.2) is 26.9 Å². The molecule has 4 aromatic rings. The number of fused-ring (bicyclic) bond motifs is 1. The number of nitrogens with one attached hydrogen (secondary N) is 3. The summed E-state index contributed by atoms with van der Waals surface area (Å²) in [4.78, 5) is 25.3. The Morgan fingerprint density at radius 1 is 0.850 bits per heavy atom. The zero-order valence-corrected chi connectivity index (χ0v) is 22.5. The molecule has 1 amide bonds. The molecule has 3 N–H and O–H groups in total. The van der Waals surface area contributed by atoms with Crippen molar-refractivity contribution < 1.29 is 22.7 Å². The molecular formula is C31H27N3O5S. The number of sulfonamides is 1. The number of hydrogen-bond acceptors (Lipinski definition) is 6. The molecule has 8 nitrogen and oxygen atoms in total. The number of anilines is 3. The van der Waals surface area contributed by atoms with Crippen LogP contribution in [0.15, 0.2) is 108 Å². The Hall–Kier alpha value is -4.89. The second kappa shape index (κ2) is 11.5. The number of rotatable bonds is 9. The van der Waals surface area contributed by atoms with E-state index in [2.05, 4.69) is 15.4 Å². The molecule has 1 aliphatic heterocycles. The van der Waals surface area contributed by atoms with Crippen molar-refractivity contribution in [3.8, 4) is 0 Å². The van der Waals surface area contributed by atoms with Crippen LogP contribution in [-0.2, 0) is 30.8 Å². The van der Waals surface area contributed by atoms with Gasteiger partial charge in [0.25, 0.3) is 15.9 Å². The SMILES string of the molecule is CCOC(=O)Cc1ccc(N/C(=C2/C(=O)Nc3ccc(NS(=O)(=O)c4ccccc4)cc32)c2ccccc2)cc1. The van der Waals surface area contributed by atoms with Gasteiger partial charge >= 0.3 is 5.97 Å². The summed E-state index contributed by atoms with van der Waals surface area (Å²) in [6, 6.07) is 29.7. The smallest absolute Gasteiger partial charge is 0.310 e. The maximum Gasteiger partial charge on any atom is 0.310 e. The quantitative estimate of drug-likeness (QED) is 0.186. The van der Waals surface area contributed by atoms with E-state index in [1.165, 1.54) is 12.1 Å². The van der Waals surface area contributed by atoms with Gasteiger partial charge in [-0.1, -0.05) is 60.7 Å². The fourth-order valence-electron chi connectivity index (χ4n) is 4.41. The molecule has 4 aromatic carbocycles. The summed E-state index contributed by atoms with van der Waals surface area (Å²) >= 11 is 0. The summed E-state index contributed by atoms with van der Waals surface area (Å²) in [6.45, 7) is 2.09. The van der Waals surface area contributed by atoms with Crippen LogP contribution >= 0.6 is 0 Å². The molecule has 0 radical (unpaired) electrons. The van der Waals surface area contributed by atoms with Crippen molar-refractivity contribution in [2.45, 2.75) is 18.2 Å². The average Bonchev–Trinajstić information content (AvgIpc) is 3.28. The average molecular weight is 554 g/mol. The lowest BCUT2D eigenvalue weighted by Gasteiger charge is -2.16. The normalized spacial score (nSPS) is 13.7. The van der Waals surface area contributed by atoms with Gasteiger partial charge in [-0.2, -0.15) is 0 Å². The van der Waals surface area contributed by atoms with Crippen molar-refractivity contribution in [2.24, 2.45) is 0 Å². The highest BCUT2D eigenvalue weighted by atomic mass is 32.2. The lowest BCUT2D eigenvalue weighted by molar-refractivity contribution is -0.142. The van der Waals surface area contributed by atoms with E-state index in [9.17, 15) is 18.0 Å². The fourth-order valence-corrected chi connectivity index (χ4v) is 5.48. The topological polar surface area (TPSA) is 114 Å². The number of amides is 1. The van der Waals surface area contributed by atoms with E-state index in [0.29, 0.717) is 40.5 Å². The maximum atomic E-state index is 13.3. The molecule has 40 heavy (non-hydrogen) atoms. The van der Waals surface area contributed by atoms with Gasteiger partial charge in [0.15, 0.2) is 0 Å². The van der Waals surface area contributed by atoms with E-state index in [1.807, 2.05) is 54.6 Å². The van der Waals surface area contributed by atoms with Gasteiger partial charge in [-0.25, -0.2) is 8.42 Å². The Morgan fingerprint density at radius 3 is 2.17 bits per heavy atom. The standard InChI is InChI=1S/C31H27N3O5S/c1-2-39-28(35)19-21-13-15-23(16-14-21)32-30(22-9-5-3-6-10-22)29-26-20-24(17-18-27(26)33-31(29)36)34-40(37,38)25-11-7-4-8-12-25/h3-18,20,32,34H,2,19H2,1H3,(H,33,36)/b30-29+. The number of carbonyl (C=O) groups excluding carboxylic acids is 2. The molecule has 1 aliphatic rings. The van der Waals surface area contributed by atoms with Crippen LogP contribution in [0.1, 0.15) is 23.6 Å². The molecule has 0 saturated carbocycles. The third kappa shape index (κ3) is 5.89. The molecule has 9 heteroatoms. The van der Waals surface area contributed by atoms with Crippen LogP contribution in [0.3, 0.4) is 0 Å². The molecular weight excluding hydrogens is 526 g/mol. The lowest BCUT2D eigenvalue weighted by Crippen LogP contribution is -2.13. The summed E-state index contributed by atoms with van der Waals surface area (Å²) in [5.74, 6) is -0.614. The monoisotopic (exact) mass is 553 g/mol. The van der Waals surface area contributed by atoms with Crippen molar-refractivity contribution in [1.29, 1.82) is 0 Å². The van der Waals surface area contributed by atoms with Crippen molar-refractivity contribution in [3.05, 3.63) is 120 Å². The van der Waals surface area contributed by atoms with Gasteiger partial charge in [-0.05, 0) is 60.5 Å². The van der Waals surface area contributed by atoms with Crippen LogP contribution in [0, 0.1) is 0 Å². The van der Waals surface area contributed by atoms with Gasteiger partial charge in [0.05, 0.1) is 29.2 Å². The molecule has 0 atom stereocenters. The first-order chi connectivity index (χ1) is 19.3. The summed E-state index contributed by atoms with van der Waals surface area (Å²) in [7, 11) is -3.82. The van der Waals surface area contributed by atoms with E-state index in [1.54, 1.807) is 43.3 Å². The van der Waals surface area contributed by atoms with Gasteiger partial charge in [0.1, 0.15) is 0 Å². The second-order valence-electron chi connectivity index (χ2n) is 9.05. The fraction of sp³-hybridized carbons (Fsp3) is 0.0968. The van der Waals surface area contributed by atoms with Gasteiger partial charge in [0.2, 0.25) is 0 Å². The van der Waals surface area contributed by atoms with E-state index < -0.39 is 10.0 Å². The Morgan fingerprint density at radius 2 is 1.50 bits per heavy atom. The third-order valence-corrected chi connectivity index (χ3v) is 7.66. The number of hydrogen-bond donors (Lipinski definition) is 3. The number of ether oxygens (including phenoxy) is 1. The minimum Gasteiger partial charge on any atom is -0.466 e. The molecule has 202 valence electrons. The maximum absolute atomic E-state index is 13.3. The zero-order valence-electron chi connectivity index (χ0n) is 21.7. The number of carbonyl (C=O) groups is 2. The van der Waals surface area contributed by atoms with Gasteiger partial charge in [-0.15, -0.1) is 0 Å². The van der Waals surface area contributed by atoms with Gasteiger partial charge in [-0.3, -0.25) is 14.3 Å². The highest BCUT2D eigenvalue weighted by molar-refractivity contribution is 7.92. The molecule has 0 saturated heterocycles. The Kier molecular flexibility index (Phi) is 7.65. The molecule has 0 spiro atoms. The van der Waals surface area contributed by atoms with Crippen LogP contribution in [0.25, 0.3) is 11.3 Å². The van der Waals surface area contributed by atoms with E-state index in [4.69, 9.17) is 4.74 Å². The third-order valence-electron chi connectivity index (χ3n) is 6.26. The lowest BCUT2D eigenvalue weighted by atomic mass is 9.99. The van der Waals surface area contributed by atoms with E-state index in [0.717, 1.165) is 11.1 Å². The van der Waals surface area contributed by atoms with Crippen molar-refractivity contribution in [3.63, 3.8) is 0 Å². The first-order valence-corrected chi connectivity index (χ1v) is 14.2. The van der Waals surface area contributed by atoms with Crippen LogP contribution in [0.4, 0.5) is 17.1 Å². The first kappa shape index (κ1) is 26.7. The molecule has 5 rings (SSSR count). The minimum absolute atomic E-state index is 0.138. The predicted octanol–water partition coefficient (Wildman–Crippen LogP) is 5.53. The number of esters is 1. The second-order valence-corrected chi connectivity index (χ2v) is 10.7. The zero-order chi connectivity index (χ0) is 28.1. The molecule has 0 aromatic heterocycles. The Bertz CT molecular complexity index is 1680. The van der Waals surface area contributed by atoms with E-state index >= 15 is 0 Å². The van der Waals surface area contributed by atoms with E-state index in [-0.39, 0.29) is 23.2 Å². The van der Waals surface area contributed by atoms with Crippen LogP contribution in [0.5, 0.6) is 0 Å². The largest absolute Gasteiger partial charge is 0.466 e. The van der Waals surface area contributed by atoms with Crippen LogP contribution in [0.2, 0.25) is 0 Å². The molecule has 0 bridgehead atoms. The summed E-state index contributed by atoms with van der Waals surface area (Å²) in [6.07, 6.45) is 0.165. The molecule has 0 unspecified atom stereocenters. The molecule has 1 heterocycles. The summed E-state index contributed by atoms with van der Waals surface area (Å²) in [5.41, 5.74) is 4.67. The van der Waals surface area contributed by atoms with Crippen molar-refractivity contribution in [2.75, 3.05) is 22.0 Å². The van der Waals surface area contributed by atoms with Crippen molar-refractivity contribution >= 4 is 50.2 Å².